The van der Waals surface area contributed by atoms with E-state index in [1.807, 2.05) is 6.07 Å². The highest BCUT2D eigenvalue weighted by atomic mass is 16.3. The van der Waals surface area contributed by atoms with Crippen molar-refractivity contribution in [2.75, 3.05) is 0 Å². The smallest absolute Gasteiger partial charge is 0.101 e. The van der Waals surface area contributed by atoms with Crippen LogP contribution >= 0.6 is 0 Å². The van der Waals surface area contributed by atoms with Crippen LogP contribution in [0.15, 0.2) is 18.5 Å². The van der Waals surface area contributed by atoms with Gasteiger partial charge in [-0.3, -0.25) is 4.98 Å². The number of nitrogens with zero attached hydrogens (tertiary/aromatic N) is 2. The summed E-state index contributed by atoms with van der Waals surface area (Å²) in [6.45, 7) is 1.60. The average molecular weight is 177 g/mol. The van der Waals surface area contributed by atoms with Crippen molar-refractivity contribution in [3.63, 3.8) is 0 Å². The standard InChI is InChI=1S/C9H11N3O/c1-6(13)9(11)8-2-7(3-10)4-12-5-8/h2,4-6,9,13H,11H2,1H3. The van der Waals surface area contributed by atoms with Crippen LogP contribution in [-0.4, -0.2) is 16.2 Å². The summed E-state index contributed by atoms with van der Waals surface area (Å²) in [6.07, 6.45) is 2.37. The Bertz CT molecular complexity index is 330. The number of pyridine rings is 1. The van der Waals surface area contributed by atoms with Gasteiger partial charge in [0.1, 0.15) is 6.07 Å². The number of aliphatic hydroxyl groups is 1. The Morgan fingerprint density at radius 3 is 2.85 bits per heavy atom. The quantitative estimate of drug-likeness (QED) is 0.682. The summed E-state index contributed by atoms with van der Waals surface area (Å²) in [5, 5.41) is 17.8. The summed E-state index contributed by atoms with van der Waals surface area (Å²) < 4.78 is 0. The molecule has 0 amide bonds. The van der Waals surface area contributed by atoms with Crippen LogP contribution in [0.5, 0.6) is 0 Å². The first kappa shape index (κ1) is 9.65. The van der Waals surface area contributed by atoms with Crippen LogP contribution in [0, 0.1) is 11.3 Å². The molecule has 0 fully saturated rings. The molecule has 1 aromatic heterocycles. The van der Waals surface area contributed by atoms with Crippen molar-refractivity contribution in [2.45, 2.75) is 19.1 Å². The Morgan fingerprint density at radius 1 is 1.62 bits per heavy atom. The molecule has 1 aromatic rings. The van der Waals surface area contributed by atoms with Gasteiger partial charge in [-0.05, 0) is 18.6 Å². The predicted octanol–water partition coefficient (Wildman–Crippen LogP) is 0.334. The average Bonchev–Trinajstić information content (AvgIpc) is 2.16. The van der Waals surface area contributed by atoms with Gasteiger partial charge < -0.3 is 10.8 Å². The third kappa shape index (κ3) is 2.25. The van der Waals surface area contributed by atoms with Gasteiger partial charge in [0.15, 0.2) is 0 Å². The van der Waals surface area contributed by atoms with E-state index in [2.05, 4.69) is 4.98 Å². The number of hydrogen-bond donors (Lipinski definition) is 2. The van der Waals surface area contributed by atoms with Crippen LogP contribution in [0.4, 0.5) is 0 Å². The van der Waals surface area contributed by atoms with E-state index in [1.165, 1.54) is 6.20 Å². The van der Waals surface area contributed by atoms with Crippen LogP contribution in [0.2, 0.25) is 0 Å². The van der Waals surface area contributed by atoms with Crippen molar-refractivity contribution in [2.24, 2.45) is 5.73 Å². The Labute approximate surface area is 76.6 Å². The summed E-state index contributed by atoms with van der Waals surface area (Å²) in [7, 11) is 0. The molecule has 4 nitrogen and oxygen atoms in total. The monoisotopic (exact) mass is 177 g/mol. The molecule has 0 aromatic carbocycles. The van der Waals surface area contributed by atoms with Gasteiger partial charge >= 0.3 is 0 Å². The molecule has 0 aliphatic rings. The molecular formula is C9H11N3O. The van der Waals surface area contributed by atoms with Gasteiger partial charge in [0.2, 0.25) is 0 Å². The molecule has 0 aliphatic carbocycles. The Balaban J connectivity index is 2.96. The fourth-order valence-corrected chi connectivity index (χ4v) is 0.980. The molecule has 1 rings (SSSR count). The van der Waals surface area contributed by atoms with Crippen LogP contribution in [0.1, 0.15) is 24.1 Å². The first-order chi connectivity index (χ1) is 6.15. The van der Waals surface area contributed by atoms with Crippen molar-refractivity contribution in [3.05, 3.63) is 29.6 Å². The molecule has 0 aliphatic heterocycles. The van der Waals surface area contributed by atoms with E-state index in [0.29, 0.717) is 11.1 Å². The highest BCUT2D eigenvalue weighted by Crippen LogP contribution is 2.13. The maximum Gasteiger partial charge on any atom is 0.101 e. The molecule has 0 spiro atoms. The zero-order chi connectivity index (χ0) is 9.84. The zero-order valence-corrected chi connectivity index (χ0v) is 7.31. The van der Waals surface area contributed by atoms with Crippen LogP contribution in [0.25, 0.3) is 0 Å². The number of rotatable bonds is 2. The van der Waals surface area contributed by atoms with Crippen LogP contribution < -0.4 is 5.73 Å². The molecule has 0 saturated heterocycles. The van der Waals surface area contributed by atoms with Gasteiger partial charge in [0, 0.05) is 12.4 Å². The van der Waals surface area contributed by atoms with E-state index in [4.69, 9.17) is 11.0 Å². The molecule has 68 valence electrons. The zero-order valence-electron chi connectivity index (χ0n) is 7.31. The van der Waals surface area contributed by atoms with E-state index in [1.54, 1.807) is 19.2 Å². The van der Waals surface area contributed by atoms with Gasteiger partial charge in [0.25, 0.3) is 0 Å². The highest BCUT2D eigenvalue weighted by Gasteiger charge is 2.12. The second-order valence-corrected chi connectivity index (χ2v) is 2.89. The predicted molar refractivity (Wildman–Crippen MR) is 47.6 cm³/mol. The van der Waals surface area contributed by atoms with Crippen molar-refractivity contribution >= 4 is 0 Å². The van der Waals surface area contributed by atoms with E-state index in [9.17, 15) is 5.11 Å². The summed E-state index contributed by atoms with van der Waals surface area (Å²) in [5.41, 5.74) is 6.79. The lowest BCUT2D eigenvalue weighted by molar-refractivity contribution is 0.164. The highest BCUT2D eigenvalue weighted by molar-refractivity contribution is 5.30. The fourth-order valence-electron chi connectivity index (χ4n) is 0.980. The molecule has 4 heteroatoms. The third-order valence-electron chi connectivity index (χ3n) is 1.79. The van der Waals surface area contributed by atoms with Gasteiger partial charge in [-0.1, -0.05) is 0 Å². The van der Waals surface area contributed by atoms with Crippen LogP contribution in [0.3, 0.4) is 0 Å². The lowest BCUT2D eigenvalue weighted by Gasteiger charge is -2.14. The fraction of sp³-hybridized carbons (Fsp3) is 0.333. The molecule has 2 atom stereocenters. The van der Waals surface area contributed by atoms with E-state index >= 15 is 0 Å². The molecule has 0 radical (unpaired) electrons. The number of aromatic nitrogens is 1. The van der Waals surface area contributed by atoms with Crippen molar-refractivity contribution < 1.29 is 5.11 Å². The van der Waals surface area contributed by atoms with E-state index < -0.39 is 12.1 Å². The number of hydrogen-bond acceptors (Lipinski definition) is 4. The maximum atomic E-state index is 9.20. The topological polar surface area (TPSA) is 82.9 Å². The number of aliphatic hydroxyl groups excluding tert-OH is 1. The van der Waals surface area contributed by atoms with Gasteiger partial charge in [-0.2, -0.15) is 5.26 Å². The van der Waals surface area contributed by atoms with Crippen LogP contribution in [-0.2, 0) is 0 Å². The molecule has 2 unspecified atom stereocenters. The largest absolute Gasteiger partial charge is 0.391 e. The molecule has 3 N–H and O–H groups in total. The van der Waals surface area contributed by atoms with Crippen molar-refractivity contribution in [1.82, 2.24) is 4.98 Å². The van der Waals surface area contributed by atoms with Gasteiger partial charge in [-0.15, -0.1) is 0 Å². The molecule has 13 heavy (non-hydrogen) atoms. The van der Waals surface area contributed by atoms with Crippen molar-refractivity contribution in [3.8, 4) is 6.07 Å². The number of nitrogens with two attached hydrogens (primary N) is 1. The molecular weight excluding hydrogens is 166 g/mol. The Morgan fingerprint density at radius 2 is 2.31 bits per heavy atom. The SMILES string of the molecule is CC(O)C(N)c1cncc(C#N)c1. The summed E-state index contributed by atoms with van der Waals surface area (Å²) in [4.78, 5) is 3.85. The van der Waals surface area contributed by atoms with Gasteiger partial charge in [-0.25, -0.2) is 0 Å². The number of nitriles is 1. The second kappa shape index (κ2) is 3.99. The minimum Gasteiger partial charge on any atom is -0.391 e. The van der Waals surface area contributed by atoms with Gasteiger partial charge in [0.05, 0.1) is 17.7 Å². The van der Waals surface area contributed by atoms with E-state index in [-0.39, 0.29) is 0 Å². The normalized spacial score (nSPS) is 14.6. The van der Waals surface area contributed by atoms with E-state index in [0.717, 1.165) is 0 Å². The molecule has 0 bridgehead atoms. The van der Waals surface area contributed by atoms with Crippen molar-refractivity contribution in [1.29, 1.82) is 5.26 Å². The summed E-state index contributed by atoms with van der Waals surface area (Å²) in [5.74, 6) is 0. The lowest BCUT2D eigenvalue weighted by atomic mass is 10.0. The Kier molecular flexibility index (Phi) is 2.96. The third-order valence-corrected chi connectivity index (χ3v) is 1.79. The Hall–Kier alpha value is -1.44. The second-order valence-electron chi connectivity index (χ2n) is 2.89. The first-order valence-corrected chi connectivity index (χ1v) is 3.94. The lowest BCUT2D eigenvalue weighted by Crippen LogP contribution is -2.23. The molecule has 0 saturated carbocycles. The summed E-state index contributed by atoms with van der Waals surface area (Å²) >= 11 is 0. The minimum absolute atomic E-state index is 0.452. The maximum absolute atomic E-state index is 9.20. The minimum atomic E-state index is -0.643. The molecule has 1 heterocycles. The first-order valence-electron chi connectivity index (χ1n) is 3.94. The summed E-state index contributed by atoms with van der Waals surface area (Å²) in [6, 6.07) is 3.11.